The number of hydrogen-bond acceptors (Lipinski definition) is 3. The third-order valence-corrected chi connectivity index (χ3v) is 5.56. The number of amides is 1. The number of aromatic nitrogens is 2. The molecule has 3 aliphatic carbocycles. The number of carbonyl (C=O) groups excluding carboxylic acids is 1. The maximum atomic E-state index is 12.7. The van der Waals surface area contributed by atoms with Crippen LogP contribution in [0.2, 0.25) is 0 Å². The van der Waals surface area contributed by atoms with Crippen molar-refractivity contribution in [1.82, 2.24) is 15.1 Å². The number of allylic oxidation sites excluding steroid dienone is 2. The van der Waals surface area contributed by atoms with Gasteiger partial charge in [0.05, 0.1) is 12.3 Å². The van der Waals surface area contributed by atoms with Gasteiger partial charge in [0.2, 0.25) is 0 Å². The lowest BCUT2D eigenvalue weighted by Gasteiger charge is -2.42. The molecular weight excluding hydrogens is 314 g/mol. The monoisotopic (exact) mass is 345 g/mol. The summed E-state index contributed by atoms with van der Waals surface area (Å²) in [5.41, 5.74) is 2.83. The normalized spacial score (nSPS) is 28.8. The first kappa shape index (κ1) is 18.2. The summed E-state index contributed by atoms with van der Waals surface area (Å²) in [5, 5.41) is 16.8. The molecule has 1 amide bonds. The number of carbonyl (C=O) groups is 1. The molecule has 5 nitrogen and oxygen atoms in total. The van der Waals surface area contributed by atoms with E-state index in [-0.39, 0.29) is 24.0 Å². The lowest BCUT2D eigenvalue weighted by atomic mass is 9.64. The van der Waals surface area contributed by atoms with Crippen LogP contribution in [0.15, 0.2) is 17.7 Å². The van der Waals surface area contributed by atoms with Crippen molar-refractivity contribution >= 4 is 5.91 Å². The molecule has 1 saturated carbocycles. The lowest BCUT2D eigenvalue weighted by molar-refractivity contribution is 0.0892. The number of hydrogen-bond donors (Lipinski definition) is 2. The summed E-state index contributed by atoms with van der Waals surface area (Å²) in [6.07, 6.45) is 7.22. The van der Waals surface area contributed by atoms with Crippen LogP contribution in [0.25, 0.3) is 0 Å². The van der Waals surface area contributed by atoms with E-state index in [1.165, 1.54) is 19.3 Å². The third-order valence-electron chi connectivity index (χ3n) is 5.56. The second-order valence-electron chi connectivity index (χ2n) is 8.70. The fourth-order valence-corrected chi connectivity index (χ4v) is 4.60. The number of fused-ring (bicyclic) bond motifs is 4. The molecule has 4 rings (SSSR count). The molecule has 3 aliphatic rings. The van der Waals surface area contributed by atoms with Crippen molar-refractivity contribution in [2.75, 3.05) is 6.54 Å². The summed E-state index contributed by atoms with van der Waals surface area (Å²) in [6.45, 7) is 9.11. The van der Waals surface area contributed by atoms with E-state index in [1.807, 2.05) is 13.8 Å². The highest BCUT2D eigenvalue weighted by atomic mass is 16.3. The largest absolute Gasteiger partial charge is 0.390 e. The number of aliphatic hydroxyl groups excluding tert-OH is 1. The van der Waals surface area contributed by atoms with E-state index in [9.17, 15) is 9.90 Å². The minimum Gasteiger partial charge on any atom is -0.390 e. The van der Waals surface area contributed by atoms with Gasteiger partial charge in [-0.05, 0) is 62.8 Å². The van der Waals surface area contributed by atoms with E-state index in [1.54, 1.807) is 16.3 Å². The van der Waals surface area contributed by atoms with Crippen molar-refractivity contribution in [3.63, 3.8) is 0 Å². The first-order valence-electron chi connectivity index (χ1n) is 9.47. The molecule has 25 heavy (non-hydrogen) atoms. The van der Waals surface area contributed by atoms with Crippen molar-refractivity contribution in [3.8, 4) is 0 Å². The highest BCUT2D eigenvalue weighted by Crippen LogP contribution is 2.46. The van der Waals surface area contributed by atoms with Crippen molar-refractivity contribution in [2.45, 2.75) is 66.0 Å². The van der Waals surface area contributed by atoms with Crippen LogP contribution in [-0.4, -0.2) is 27.3 Å². The Hall–Kier alpha value is -1.62. The van der Waals surface area contributed by atoms with Crippen molar-refractivity contribution < 1.29 is 9.90 Å². The van der Waals surface area contributed by atoms with Crippen molar-refractivity contribution in [2.24, 2.45) is 17.3 Å². The zero-order valence-corrected chi connectivity index (χ0v) is 15.9. The van der Waals surface area contributed by atoms with Gasteiger partial charge in [-0.2, -0.15) is 5.10 Å². The highest BCUT2D eigenvalue weighted by Gasteiger charge is 2.37. The summed E-state index contributed by atoms with van der Waals surface area (Å²) in [7, 11) is 0. The first-order chi connectivity index (χ1) is 11.8. The zero-order valence-electron chi connectivity index (χ0n) is 15.9. The number of nitrogens with one attached hydrogen (secondary N) is 1. The Morgan fingerprint density at radius 3 is 2.80 bits per heavy atom. The van der Waals surface area contributed by atoms with Crippen LogP contribution in [0.4, 0.5) is 0 Å². The highest BCUT2D eigenvalue weighted by molar-refractivity contribution is 5.92. The van der Waals surface area contributed by atoms with Crippen LogP contribution >= 0.6 is 0 Å². The van der Waals surface area contributed by atoms with E-state index in [0.717, 1.165) is 12.3 Å². The van der Waals surface area contributed by atoms with Gasteiger partial charge in [-0.25, -0.2) is 0 Å². The molecule has 0 aromatic carbocycles. The van der Waals surface area contributed by atoms with Gasteiger partial charge in [0.1, 0.15) is 5.69 Å². The molecule has 1 aromatic heterocycles. The molecule has 0 radical (unpaired) electrons. The van der Waals surface area contributed by atoms with Crippen LogP contribution in [0.5, 0.6) is 0 Å². The molecular formula is C20H31N3O2. The fourth-order valence-electron chi connectivity index (χ4n) is 4.60. The maximum absolute atomic E-state index is 12.7. The molecule has 2 bridgehead atoms. The molecule has 0 spiro atoms. The molecule has 0 aliphatic heterocycles. The fraction of sp³-hybridized carbons (Fsp3) is 0.700. The second-order valence-corrected chi connectivity index (χ2v) is 8.70. The molecule has 5 heteroatoms. The van der Waals surface area contributed by atoms with E-state index < -0.39 is 0 Å². The molecule has 1 aromatic rings. The average molecular weight is 345 g/mol. The molecule has 1 fully saturated rings. The summed E-state index contributed by atoms with van der Waals surface area (Å²) >= 11 is 0. The Morgan fingerprint density at radius 1 is 1.44 bits per heavy atom. The first-order valence-corrected chi connectivity index (χ1v) is 9.47. The summed E-state index contributed by atoms with van der Waals surface area (Å²) < 4.78 is 1.70. The molecule has 2 N–H and O–H groups in total. The smallest absolute Gasteiger partial charge is 0.269 e. The van der Waals surface area contributed by atoms with Gasteiger partial charge in [-0.15, -0.1) is 0 Å². The minimum absolute atomic E-state index is 0.0802. The SMILES string of the molecule is CC1C=C2CC(C2)CC(C)(CNC(=O)c2cc(CO)nn2C(C)C)C1. The summed E-state index contributed by atoms with van der Waals surface area (Å²) in [6, 6.07) is 1.77. The second kappa shape index (κ2) is 6.94. The van der Waals surface area contributed by atoms with Crippen LogP contribution < -0.4 is 5.32 Å². The molecule has 2 unspecified atom stereocenters. The molecule has 2 atom stereocenters. The zero-order chi connectivity index (χ0) is 18.2. The van der Waals surface area contributed by atoms with Gasteiger partial charge < -0.3 is 10.4 Å². The Kier molecular flexibility index (Phi) is 5.05. The number of aliphatic hydroxyl groups is 1. The Balaban J connectivity index is 1.69. The average Bonchev–Trinajstić information content (AvgIpc) is 2.93. The molecule has 138 valence electrons. The Morgan fingerprint density at radius 2 is 2.16 bits per heavy atom. The van der Waals surface area contributed by atoms with Gasteiger partial charge >= 0.3 is 0 Å². The van der Waals surface area contributed by atoms with E-state index >= 15 is 0 Å². The predicted molar refractivity (Wildman–Crippen MR) is 98.2 cm³/mol. The predicted octanol–water partition coefficient (Wildman–Crippen LogP) is 3.46. The quantitative estimate of drug-likeness (QED) is 0.803. The van der Waals surface area contributed by atoms with E-state index in [0.29, 0.717) is 23.9 Å². The van der Waals surface area contributed by atoms with Crippen molar-refractivity contribution in [1.29, 1.82) is 0 Å². The van der Waals surface area contributed by atoms with Gasteiger partial charge in [0, 0.05) is 12.6 Å². The number of rotatable bonds is 5. The van der Waals surface area contributed by atoms with Gasteiger partial charge in [0.25, 0.3) is 5.91 Å². The third kappa shape index (κ3) is 3.97. The summed E-state index contributed by atoms with van der Waals surface area (Å²) in [4.78, 5) is 12.7. The topological polar surface area (TPSA) is 67.2 Å². The number of nitrogens with zero attached hydrogens (tertiary/aromatic N) is 2. The lowest BCUT2D eigenvalue weighted by Crippen LogP contribution is -2.40. The molecule has 0 saturated heterocycles. The van der Waals surface area contributed by atoms with Crippen LogP contribution in [0.1, 0.15) is 75.6 Å². The summed E-state index contributed by atoms with van der Waals surface area (Å²) in [5.74, 6) is 1.25. The molecule has 1 heterocycles. The van der Waals surface area contributed by atoms with Crippen LogP contribution in [-0.2, 0) is 6.61 Å². The van der Waals surface area contributed by atoms with Gasteiger partial charge in [-0.1, -0.05) is 25.5 Å². The van der Waals surface area contributed by atoms with Crippen LogP contribution in [0.3, 0.4) is 0 Å². The Labute approximate surface area is 150 Å². The minimum atomic E-state index is -0.147. The Bertz CT molecular complexity index is 668. The van der Waals surface area contributed by atoms with E-state index in [4.69, 9.17) is 0 Å². The standard InChI is InChI=1S/C20H31N3O2/c1-13(2)23-18(8-17(11-24)22-23)19(25)21-12-20(4)9-14(3)5-15-6-16(7-15)10-20/h5,8,13-14,16,24H,6-7,9-12H2,1-4H3,(H,21,25). The van der Waals surface area contributed by atoms with Gasteiger partial charge in [0.15, 0.2) is 0 Å². The van der Waals surface area contributed by atoms with E-state index in [2.05, 4.69) is 30.3 Å². The maximum Gasteiger partial charge on any atom is 0.269 e. The van der Waals surface area contributed by atoms with Crippen LogP contribution in [0, 0.1) is 17.3 Å². The van der Waals surface area contributed by atoms with Crippen molar-refractivity contribution in [3.05, 3.63) is 29.1 Å². The van der Waals surface area contributed by atoms with Gasteiger partial charge in [-0.3, -0.25) is 9.48 Å².